The van der Waals surface area contributed by atoms with E-state index in [0.29, 0.717) is 46.1 Å². The molecule has 10 heteroatoms. The lowest BCUT2D eigenvalue weighted by Gasteiger charge is -2.22. The van der Waals surface area contributed by atoms with Crippen LogP contribution in [0.2, 0.25) is 5.02 Å². The average molecular weight is 491 g/mol. The predicted molar refractivity (Wildman–Crippen MR) is 125 cm³/mol. The van der Waals surface area contributed by atoms with Gasteiger partial charge in [-0.25, -0.2) is 13.4 Å². The summed E-state index contributed by atoms with van der Waals surface area (Å²) in [4.78, 5) is 19.6. The van der Waals surface area contributed by atoms with Crippen molar-refractivity contribution in [1.29, 1.82) is 0 Å². The maximum absolute atomic E-state index is 13.3. The Balaban J connectivity index is 1.64. The zero-order valence-corrected chi connectivity index (χ0v) is 19.5. The van der Waals surface area contributed by atoms with Crippen molar-refractivity contribution in [1.82, 2.24) is 4.98 Å². The molecule has 0 saturated heterocycles. The van der Waals surface area contributed by atoms with Crippen LogP contribution in [0.5, 0.6) is 11.5 Å². The van der Waals surface area contributed by atoms with E-state index in [4.69, 9.17) is 21.1 Å². The van der Waals surface area contributed by atoms with Gasteiger partial charge in [-0.3, -0.25) is 9.69 Å². The lowest BCUT2D eigenvalue weighted by Crippen LogP contribution is -2.31. The Kier molecular flexibility index (Phi) is 6.23. The minimum Gasteiger partial charge on any atom is -0.486 e. The summed E-state index contributed by atoms with van der Waals surface area (Å²) in [5.74, 6) is 0.548. The second kappa shape index (κ2) is 8.93. The summed E-state index contributed by atoms with van der Waals surface area (Å²) in [7, 11) is -3.28. The molecule has 0 saturated carbocycles. The highest BCUT2D eigenvalue weighted by atomic mass is 35.5. The van der Waals surface area contributed by atoms with Crippen molar-refractivity contribution < 1.29 is 22.7 Å². The van der Waals surface area contributed by atoms with Crippen LogP contribution in [0.15, 0.2) is 59.3 Å². The molecule has 0 fully saturated rings. The Labute approximate surface area is 194 Å². The molecule has 0 bridgehead atoms. The van der Waals surface area contributed by atoms with Gasteiger partial charge in [0, 0.05) is 29.3 Å². The lowest BCUT2D eigenvalue weighted by molar-refractivity contribution is 0.0988. The maximum atomic E-state index is 13.3. The summed E-state index contributed by atoms with van der Waals surface area (Å²) < 4.78 is 34.4. The molecule has 32 heavy (non-hydrogen) atoms. The van der Waals surface area contributed by atoms with Gasteiger partial charge in [0.05, 0.1) is 15.6 Å². The quantitative estimate of drug-likeness (QED) is 0.474. The number of ether oxygens (including phenoxy) is 2. The molecule has 0 atom stereocenters. The molecule has 7 nitrogen and oxygen atoms in total. The summed E-state index contributed by atoms with van der Waals surface area (Å²) in [6.07, 6.45) is 2.77. The average Bonchev–Trinajstić information content (AvgIpc) is 3.26. The van der Waals surface area contributed by atoms with E-state index < -0.39 is 9.84 Å². The number of amides is 1. The highest BCUT2D eigenvalue weighted by Gasteiger charge is 2.24. The number of thiazole rings is 1. The number of aromatic nitrogens is 1. The Hall–Kier alpha value is -2.88. The van der Waals surface area contributed by atoms with E-state index >= 15 is 0 Å². The molecule has 1 aliphatic rings. The van der Waals surface area contributed by atoms with Gasteiger partial charge in [-0.1, -0.05) is 29.8 Å². The van der Waals surface area contributed by atoms with Gasteiger partial charge < -0.3 is 9.47 Å². The van der Waals surface area contributed by atoms with Gasteiger partial charge in [0.15, 0.2) is 26.5 Å². The third-order valence-electron chi connectivity index (χ3n) is 4.70. The largest absolute Gasteiger partial charge is 0.486 e. The third-order valence-corrected chi connectivity index (χ3v) is 6.97. The van der Waals surface area contributed by atoms with Crippen LogP contribution < -0.4 is 14.4 Å². The van der Waals surface area contributed by atoms with Crippen molar-refractivity contribution in [3.8, 4) is 22.8 Å². The SMILES string of the molecule is C=CCN(C(=O)c1cc(Cl)c2c(c1)OCCO2)c1nc(-c2ccc(S(C)(=O)=O)cc2)cs1. The van der Waals surface area contributed by atoms with Crippen molar-refractivity contribution in [3.05, 3.63) is 65.0 Å². The first-order chi connectivity index (χ1) is 15.3. The summed E-state index contributed by atoms with van der Waals surface area (Å²) in [5, 5.41) is 2.59. The number of anilines is 1. The van der Waals surface area contributed by atoms with E-state index in [9.17, 15) is 13.2 Å². The van der Waals surface area contributed by atoms with Crippen LogP contribution in [0.1, 0.15) is 10.4 Å². The zero-order valence-electron chi connectivity index (χ0n) is 17.1. The monoisotopic (exact) mass is 490 g/mol. The molecule has 3 aromatic rings. The number of fused-ring (bicyclic) bond motifs is 1. The van der Waals surface area contributed by atoms with Gasteiger partial charge in [-0.15, -0.1) is 17.9 Å². The molecule has 0 radical (unpaired) electrons. The number of sulfone groups is 1. The molecule has 0 unspecified atom stereocenters. The van der Waals surface area contributed by atoms with Crippen LogP contribution in [0, 0.1) is 0 Å². The molecule has 1 aliphatic heterocycles. The van der Waals surface area contributed by atoms with E-state index in [2.05, 4.69) is 11.6 Å². The van der Waals surface area contributed by atoms with Crippen molar-refractivity contribution in [3.63, 3.8) is 0 Å². The Morgan fingerprint density at radius 2 is 1.97 bits per heavy atom. The fourth-order valence-corrected chi connectivity index (χ4v) is 4.90. The molecule has 0 aliphatic carbocycles. The molecule has 1 aromatic heterocycles. The number of carbonyl (C=O) groups excluding carboxylic acids is 1. The van der Waals surface area contributed by atoms with E-state index in [0.717, 1.165) is 11.8 Å². The zero-order chi connectivity index (χ0) is 22.9. The maximum Gasteiger partial charge on any atom is 0.260 e. The molecule has 1 amide bonds. The molecule has 2 heterocycles. The van der Waals surface area contributed by atoms with Crippen LogP contribution in [0.3, 0.4) is 0 Å². The Morgan fingerprint density at radius 3 is 2.66 bits per heavy atom. The Bertz CT molecular complexity index is 1290. The van der Waals surface area contributed by atoms with Gasteiger partial charge >= 0.3 is 0 Å². The van der Waals surface area contributed by atoms with Crippen LogP contribution >= 0.6 is 22.9 Å². The fraction of sp³-hybridized carbons (Fsp3) is 0.182. The number of halogens is 1. The predicted octanol–water partition coefficient (Wildman–Crippen LogP) is 4.47. The topological polar surface area (TPSA) is 85.8 Å². The highest BCUT2D eigenvalue weighted by molar-refractivity contribution is 7.90. The molecule has 2 aromatic carbocycles. The van der Waals surface area contributed by atoms with Crippen LogP contribution in [0.25, 0.3) is 11.3 Å². The fourth-order valence-electron chi connectivity index (χ4n) is 3.16. The number of nitrogens with zero attached hydrogens (tertiary/aromatic N) is 2. The van der Waals surface area contributed by atoms with Gasteiger partial charge in [0.25, 0.3) is 5.91 Å². The number of benzene rings is 2. The van der Waals surface area contributed by atoms with E-state index in [1.807, 2.05) is 5.38 Å². The second-order valence-corrected chi connectivity index (χ2v) is 10.3. The van der Waals surface area contributed by atoms with Crippen molar-refractivity contribution in [2.45, 2.75) is 4.90 Å². The first-order valence-corrected chi connectivity index (χ1v) is 12.7. The van der Waals surface area contributed by atoms with E-state index in [-0.39, 0.29) is 17.3 Å². The number of hydrogen-bond donors (Lipinski definition) is 0. The normalized spacial score (nSPS) is 12.9. The van der Waals surface area contributed by atoms with Crippen molar-refractivity contribution >= 4 is 43.8 Å². The van der Waals surface area contributed by atoms with Crippen LogP contribution in [-0.2, 0) is 9.84 Å². The molecule has 4 rings (SSSR count). The van der Waals surface area contributed by atoms with Crippen LogP contribution in [-0.4, -0.2) is 45.3 Å². The molecular weight excluding hydrogens is 472 g/mol. The summed E-state index contributed by atoms with van der Waals surface area (Å²) >= 11 is 7.59. The number of hydrogen-bond acceptors (Lipinski definition) is 7. The van der Waals surface area contributed by atoms with Crippen molar-refractivity contribution in [2.75, 3.05) is 30.9 Å². The molecule has 0 spiro atoms. The molecule has 166 valence electrons. The second-order valence-electron chi connectivity index (χ2n) is 7.00. The number of carbonyl (C=O) groups is 1. The van der Waals surface area contributed by atoms with Gasteiger partial charge in [-0.05, 0) is 24.3 Å². The van der Waals surface area contributed by atoms with Gasteiger partial charge in [-0.2, -0.15) is 0 Å². The summed E-state index contributed by atoms with van der Waals surface area (Å²) in [5.41, 5.74) is 1.72. The lowest BCUT2D eigenvalue weighted by atomic mass is 10.1. The summed E-state index contributed by atoms with van der Waals surface area (Å²) in [6.45, 7) is 4.76. The van der Waals surface area contributed by atoms with E-state index in [1.165, 1.54) is 28.4 Å². The minimum absolute atomic E-state index is 0.232. The first-order valence-electron chi connectivity index (χ1n) is 9.56. The summed E-state index contributed by atoms with van der Waals surface area (Å²) in [6, 6.07) is 9.61. The first kappa shape index (κ1) is 22.3. The van der Waals surface area contributed by atoms with E-state index in [1.54, 1.807) is 30.3 Å². The minimum atomic E-state index is -3.28. The molecular formula is C22H19ClN2O5S2. The highest BCUT2D eigenvalue weighted by Crippen LogP contribution is 2.39. The van der Waals surface area contributed by atoms with Gasteiger partial charge in [0.2, 0.25) is 0 Å². The van der Waals surface area contributed by atoms with Crippen LogP contribution in [0.4, 0.5) is 5.13 Å². The standard InChI is InChI=1S/C22H19ClN2O5S2/c1-3-8-25(21(26)15-11-17(23)20-19(12-15)29-9-10-30-20)22-24-18(13-31-22)14-4-6-16(7-5-14)32(2,27)28/h3-7,11-13H,1,8-10H2,2H3. The third kappa shape index (κ3) is 4.50. The smallest absolute Gasteiger partial charge is 0.260 e. The Morgan fingerprint density at radius 1 is 1.25 bits per heavy atom. The number of rotatable bonds is 6. The van der Waals surface area contributed by atoms with Crippen molar-refractivity contribution in [2.24, 2.45) is 0 Å². The van der Waals surface area contributed by atoms with Gasteiger partial charge in [0.1, 0.15) is 13.2 Å². The molecule has 0 N–H and O–H groups in total.